The van der Waals surface area contributed by atoms with Crippen LogP contribution < -0.4 is 4.74 Å². The number of nitrogens with zero attached hydrogens (tertiary/aromatic N) is 4. The number of methoxy groups -OCH3 is 1. The van der Waals surface area contributed by atoms with E-state index in [9.17, 15) is 9.50 Å². The average Bonchev–Trinajstić information content (AvgIpc) is 3.45. The molecular weight excluding hydrogens is 409 g/mol. The van der Waals surface area contributed by atoms with E-state index in [4.69, 9.17) is 4.74 Å². The first-order valence-corrected chi connectivity index (χ1v) is 10.2. The average molecular weight is 433 g/mol. The fraction of sp³-hybridized carbons (Fsp3) is 0.208. The van der Waals surface area contributed by atoms with Gasteiger partial charge in [-0.15, -0.1) is 10.2 Å². The molecule has 164 valence electrons. The Kier molecular flexibility index (Phi) is 6.42. The predicted octanol–water partition coefficient (Wildman–Crippen LogP) is 4.13. The van der Waals surface area contributed by atoms with Crippen LogP contribution in [0.1, 0.15) is 40.8 Å². The minimum Gasteiger partial charge on any atom is -0.495 e. The van der Waals surface area contributed by atoms with Gasteiger partial charge in [0.05, 0.1) is 24.8 Å². The number of nitrogens with one attached hydrogen (secondary N) is 1. The van der Waals surface area contributed by atoms with E-state index >= 15 is 0 Å². The number of aromatic nitrogens is 5. The molecule has 0 bridgehead atoms. The van der Waals surface area contributed by atoms with Crippen LogP contribution in [0.15, 0.2) is 55.0 Å². The van der Waals surface area contributed by atoms with Gasteiger partial charge in [0.25, 0.3) is 0 Å². The molecule has 2 heterocycles. The summed E-state index contributed by atoms with van der Waals surface area (Å²) in [5.41, 5.74) is 3.63. The van der Waals surface area contributed by atoms with E-state index in [0.29, 0.717) is 18.1 Å². The van der Waals surface area contributed by atoms with Crippen LogP contribution in [0.3, 0.4) is 0 Å². The topological polar surface area (TPSA) is 88.9 Å². The summed E-state index contributed by atoms with van der Waals surface area (Å²) in [5.74, 6) is 1.42. The van der Waals surface area contributed by atoms with Gasteiger partial charge in [-0.25, -0.2) is 9.37 Å². The van der Waals surface area contributed by atoms with Gasteiger partial charge in [-0.3, -0.25) is 0 Å². The van der Waals surface area contributed by atoms with Gasteiger partial charge in [-0.1, -0.05) is 24.3 Å². The summed E-state index contributed by atoms with van der Waals surface area (Å²) >= 11 is 0. The second kappa shape index (κ2) is 9.57. The summed E-state index contributed by atoms with van der Waals surface area (Å²) in [6.07, 6.45) is 7.88. The standard InChI is InChI=1S/C24H24FN5O2/c1-16-14-30(15-26-16)21-9-3-17(13-22(21)32-2)4-10-23-27-24(29-28-23)20(11-12-31)18-5-7-19(25)8-6-18/h3-10,13-15,20,31H,11-12H2,1-2H3,(H,27,28,29). The van der Waals surface area contributed by atoms with Crippen molar-refractivity contribution in [2.75, 3.05) is 13.7 Å². The van der Waals surface area contributed by atoms with Crippen LogP contribution in [-0.4, -0.2) is 43.6 Å². The fourth-order valence-electron chi connectivity index (χ4n) is 3.55. The van der Waals surface area contributed by atoms with Crippen LogP contribution in [0.5, 0.6) is 5.75 Å². The molecule has 0 aliphatic carbocycles. The first-order chi connectivity index (χ1) is 15.6. The number of imidazole rings is 1. The van der Waals surface area contributed by atoms with E-state index in [0.717, 1.165) is 28.3 Å². The monoisotopic (exact) mass is 433 g/mol. The van der Waals surface area contributed by atoms with Gasteiger partial charge in [-0.2, -0.15) is 0 Å². The van der Waals surface area contributed by atoms with Crippen molar-refractivity contribution in [2.45, 2.75) is 19.3 Å². The Morgan fingerprint density at radius 2 is 1.97 bits per heavy atom. The maximum absolute atomic E-state index is 13.3. The van der Waals surface area contributed by atoms with Crippen LogP contribution in [0.2, 0.25) is 0 Å². The number of aryl methyl sites for hydroxylation is 1. The molecule has 2 aromatic carbocycles. The smallest absolute Gasteiger partial charge is 0.154 e. The molecule has 32 heavy (non-hydrogen) atoms. The van der Waals surface area contributed by atoms with Crippen molar-refractivity contribution in [1.82, 2.24) is 24.7 Å². The number of ether oxygens (including phenoxy) is 1. The summed E-state index contributed by atoms with van der Waals surface area (Å²) in [5, 5.41) is 17.9. The highest BCUT2D eigenvalue weighted by atomic mass is 19.1. The Morgan fingerprint density at radius 1 is 1.16 bits per heavy atom. The number of halogens is 1. The molecule has 0 amide bonds. The molecule has 1 atom stereocenters. The highest BCUT2D eigenvalue weighted by Gasteiger charge is 2.18. The third-order valence-corrected chi connectivity index (χ3v) is 5.17. The third-order valence-electron chi connectivity index (χ3n) is 5.17. The maximum atomic E-state index is 13.3. The molecular formula is C24H24FN5O2. The molecule has 0 spiro atoms. The zero-order chi connectivity index (χ0) is 22.5. The quantitative estimate of drug-likeness (QED) is 0.436. The Bertz CT molecular complexity index is 1210. The van der Waals surface area contributed by atoms with Crippen molar-refractivity contribution in [3.8, 4) is 11.4 Å². The van der Waals surface area contributed by atoms with E-state index in [1.54, 1.807) is 25.6 Å². The maximum Gasteiger partial charge on any atom is 0.154 e. The van der Waals surface area contributed by atoms with Crippen molar-refractivity contribution in [3.63, 3.8) is 0 Å². The van der Waals surface area contributed by atoms with Gasteiger partial charge in [0.15, 0.2) is 5.82 Å². The van der Waals surface area contributed by atoms with Gasteiger partial charge >= 0.3 is 0 Å². The lowest BCUT2D eigenvalue weighted by atomic mass is 9.95. The van der Waals surface area contributed by atoms with Crippen molar-refractivity contribution >= 4 is 12.2 Å². The Labute approximate surface area is 185 Å². The van der Waals surface area contributed by atoms with Crippen molar-refractivity contribution in [1.29, 1.82) is 0 Å². The molecule has 8 heteroatoms. The molecule has 0 saturated carbocycles. The molecule has 1 unspecified atom stereocenters. The minimum atomic E-state index is -0.303. The lowest BCUT2D eigenvalue weighted by Gasteiger charge is -2.13. The third kappa shape index (κ3) is 4.76. The first kappa shape index (κ1) is 21.5. The lowest BCUT2D eigenvalue weighted by molar-refractivity contribution is 0.280. The number of hydrogen-bond acceptors (Lipinski definition) is 5. The molecule has 0 aliphatic rings. The molecule has 2 N–H and O–H groups in total. The van der Waals surface area contributed by atoms with Gasteiger partial charge in [0, 0.05) is 18.7 Å². The predicted molar refractivity (Wildman–Crippen MR) is 120 cm³/mol. The van der Waals surface area contributed by atoms with Crippen molar-refractivity contribution in [2.24, 2.45) is 0 Å². The summed E-state index contributed by atoms with van der Waals surface area (Å²) in [4.78, 5) is 7.45. The minimum absolute atomic E-state index is 0.0174. The zero-order valence-electron chi connectivity index (χ0n) is 17.9. The van der Waals surface area contributed by atoms with E-state index in [-0.39, 0.29) is 18.3 Å². The number of H-pyrrole nitrogens is 1. The zero-order valence-corrected chi connectivity index (χ0v) is 17.9. The lowest BCUT2D eigenvalue weighted by Crippen LogP contribution is -2.06. The largest absolute Gasteiger partial charge is 0.495 e. The summed E-state index contributed by atoms with van der Waals surface area (Å²) in [6, 6.07) is 12.1. The Balaban J connectivity index is 1.54. The molecule has 0 radical (unpaired) electrons. The molecule has 2 aromatic heterocycles. The van der Waals surface area contributed by atoms with E-state index in [1.165, 1.54) is 12.1 Å². The van der Waals surface area contributed by atoms with Crippen LogP contribution >= 0.6 is 0 Å². The molecule has 7 nitrogen and oxygen atoms in total. The van der Waals surface area contributed by atoms with Crippen LogP contribution in [0.4, 0.5) is 4.39 Å². The van der Waals surface area contributed by atoms with E-state index in [1.807, 2.05) is 48.0 Å². The van der Waals surface area contributed by atoms with Crippen LogP contribution in [0, 0.1) is 12.7 Å². The van der Waals surface area contributed by atoms with Crippen LogP contribution in [0.25, 0.3) is 17.8 Å². The van der Waals surface area contributed by atoms with Gasteiger partial charge < -0.3 is 19.4 Å². The normalized spacial score (nSPS) is 12.4. The molecule has 0 saturated heterocycles. The number of aliphatic hydroxyl groups excluding tert-OH is 1. The van der Waals surface area contributed by atoms with Crippen LogP contribution in [-0.2, 0) is 0 Å². The summed E-state index contributed by atoms with van der Waals surface area (Å²) in [6.45, 7) is 1.92. The SMILES string of the molecule is COc1cc(C=Cc2nnc(C(CCO)c3ccc(F)cc3)[nH]2)ccc1-n1cnc(C)c1. The van der Waals surface area contributed by atoms with E-state index < -0.39 is 0 Å². The number of aromatic amines is 1. The fourth-order valence-corrected chi connectivity index (χ4v) is 3.55. The van der Waals surface area contributed by atoms with Gasteiger partial charge in [-0.05, 0) is 54.8 Å². The molecule has 4 rings (SSSR count). The second-order valence-electron chi connectivity index (χ2n) is 7.40. The van der Waals surface area contributed by atoms with Gasteiger partial charge in [0.1, 0.15) is 17.4 Å². The number of benzene rings is 2. The Hall–Kier alpha value is -3.78. The number of hydrogen-bond donors (Lipinski definition) is 2. The molecule has 0 aliphatic heterocycles. The number of rotatable bonds is 8. The molecule has 0 fully saturated rings. The highest BCUT2D eigenvalue weighted by Crippen LogP contribution is 2.27. The second-order valence-corrected chi connectivity index (χ2v) is 7.40. The molecule has 4 aromatic rings. The highest BCUT2D eigenvalue weighted by molar-refractivity contribution is 5.69. The number of aliphatic hydroxyl groups is 1. The summed E-state index contributed by atoms with van der Waals surface area (Å²) in [7, 11) is 1.63. The Morgan fingerprint density at radius 3 is 2.66 bits per heavy atom. The summed E-state index contributed by atoms with van der Waals surface area (Å²) < 4.78 is 20.7. The van der Waals surface area contributed by atoms with Crippen molar-refractivity contribution in [3.05, 3.63) is 89.3 Å². The first-order valence-electron chi connectivity index (χ1n) is 10.2. The van der Waals surface area contributed by atoms with E-state index in [2.05, 4.69) is 20.2 Å². The van der Waals surface area contributed by atoms with Crippen molar-refractivity contribution < 1.29 is 14.2 Å². The van der Waals surface area contributed by atoms with Gasteiger partial charge in [0.2, 0.25) is 0 Å².